The lowest BCUT2D eigenvalue weighted by atomic mass is 10.3. The molecule has 1 N–H and O–H groups in total. The molecule has 0 spiro atoms. The Morgan fingerprint density at radius 1 is 1.33 bits per heavy atom. The molecule has 6 heteroatoms. The predicted molar refractivity (Wildman–Crippen MR) is 76.1 cm³/mol. The van der Waals surface area contributed by atoms with Crippen LogP contribution in [0.2, 0.25) is 0 Å². The molecule has 18 heavy (non-hydrogen) atoms. The van der Waals surface area contributed by atoms with E-state index in [1.165, 1.54) is 24.3 Å². The van der Waals surface area contributed by atoms with E-state index in [0.29, 0.717) is 10.5 Å². The van der Waals surface area contributed by atoms with Gasteiger partial charge in [0.1, 0.15) is 0 Å². The molecule has 0 radical (unpaired) electrons. The zero-order valence-electron chi connectivity index (χ0n) is 10.6. The summed E-state index contributed by atoms with van der Waals surface area (Å²) in [5.41, 5.74) is 0. The summed E-state index contributed by atoms with van der Waals surface area (Å²) in [6.45, 7) is 3.21. The maximum Gasteiger partial charge on any atom is 0.227 e. The first-order chi connectivity index (χ1) is 8.83. The number of aromatic nitrogens is 2. The summed E-state index contributed by atoms with van der Waals surface area (Å²) in [7, 11) is 0. The van der Waals surface area contributed by atoms with Gasteiger partial charge in [0.15, 0.2) is 5.82 Å². The van der Waals surface area contributed by atoms with Crippen LogP contribution >= 0.6 is 23.5 Å². The number of rotatable bonds is 5. The summed E-state index contributed by atoms with van der Waals surface area (Å²) >= 11 is 3.96. The van der Waals surface area contributed by atoms with E-state index in [9.17, 15) is 0 Å². The summed E-state index contributed by atoms with van der Waals surface area (Å²) in [5.74, 6) is 4.09. The average Bonchev–Trinajstić information content (AvgIpc) is 3.08. The van der Waals surface area contributed by atoms with E-state index in [2.05, 4.69) is 22.4 Å². The number of nitrogens with zero attached hydrogens (tertiary/aromatic N) is 2. The van der Waals surface area contributed by atoms with E-state index in [0.717, 1.165) is 30.7 Å². The quantitative estimate of drug-likeness (QED) is 0.895. The molecule has 2 fully saturated rings. The lowest BCUT2D eigenvalue weighted by Crippen LogP contribution is -2.19. The summed E-state index contributed by atoms with van der Waals surface area (Å²) < 4.78 is 5.34. The standard InChI is InChI=1S/C12H19N3OS2/c1-8-11(18-7-6-17-8)12-14-10(16-15-12)4-5-13-9-2-3-9/h8-9,11,13H,2-7H2,1H3. The Labute approximate surface area is 116 Å². The summed E-state index contributed by atoms with van der Waals surface area (Å²) in [4.78, 5) is 4.55. The van der Waals surface area contributed by atoms with Gasteiger partial charge in [0.25, 0.3) is 0 Å². The van der Waals surface area contributed by atoms with Crippen molar-refractivity contribution >= 4 is 23.5 Å². The molecule has 1 saturated heterocycles. The van der Waals surface area contributed by atoms with Crippen molar-refractivity contribution in [2.75, 3.05) is 18.1 Å². The third-order valence-electron chi connectivity index (χ3n) is 3.28. The molecule has 1 saturated carbocycles. The first-order valence-electron chi connectivity index (χ1n) is 6.62. The molecule has 100 valence electrons. The largest absolute Gasteiger partial charge is 0.339 e. The van der Waals surface area contributed by atoms with Crippen LogP contribution in [-0.4, -0.2) is 39.5 Å². The van der Waals surface area contributed by atoms with Gasteiger partial charge in [0, 0.05) is 35.8 Å². The van der Waals surface area contributed by atoms with Crippen molar-refractivity contribution in [3.8, 4) is 0 Å². The lowest BCUT2D eigenvalue weighted by Gasteiger charge is -2.24. The van der Waals surface area contributed by atoms with Crippen LogP contribution in [0.1, 0.15) is 36.7 Å². The van der Waals surface area contributed by atoms with E-state index >= 15 is 0 Å². The van der Waals surface area contributed by atoms with Gasteiger partial charge in [0.2, 0.25) is 5.89 Å². The molecule has 0 aromatic carbocycles. The number of hydrogen-bond donors (Lipinski definition) is 1. The van der Waals surface area contributed by atoms with Gasteiger partial charge in [0.05, 0.1) is 5.25 Å². The van der Waals surface area contributed by atoms with Crippen LogP contribution in [0.4, 0.5) is 0 Å². The fraction of sp³-hybridized carbons (Fsp3) is 0.833. The highest BCUT2D eigenvalue weighted by Gasteiger charge is 2.28. The maximum atomic E-state index is 5.34. The van der Waals surface area contributed by atoms with Crippen LogP contribution < -0.4 is 5.32 Å². The van der Waals surface area contributed by atoms with Crippen molar-refractivity contribution in [2.45, 2.75) is 42.7 Å². The van der Waals surface area contributed by atoms with Crippen molar-refractivity contribution < 1.29 is 4.52 Å². The second-order valence-corrected chi connectivity index (χ2v) is 7.63. The molecule has 1 aromatic heterocycles. The molecule has 2 atom stereocenters. The smallest absolute Gasteiger partial charge is 0.227 e. The van der Waals surface area contributed by atoms with Crippen molar-refractivity contribution in [3.63, 3.8) is 0 Å². The Morgan fingerprint density at radius 2 is 2.17 bits per heavy atom. The zero-order chi connectivity index (χ0) is 12.4. The SMILES string of the molecule is CC1SCCSC1c1noc(CCNC2CC2)n1. The molecule has 0 bridgehead atoms. The Bertz CT molecular complexity index is 394. The summed E-state index contributed by atoms with van der Waals surface area (Å²) in [6, 6.07) is 0.748. The van der Waals surface area contributed by atoms with E-state index < -0.39 is 0 Å². The molecular formula is C12H19N3OS2. The van der Waals surface area contributed by atoms with E-state index in [1.807, 2.05) is 23.5 Å². The van der Waals surface area contributed by atoms with E-state index in [-0.39, 0.29) is 0 Å². The van der Waals surface area contributed by atoms with Crippen molar-refractivity contribution in [1.29, 1.82) is 0 Å². The molecule has 2 aliphatic rings. The first kappa shape index (κ1) is 12.8. The predicted octanol–water partition coefficient (Wildman–Crippen LogP) is 2.27. The van der Waals surface area contributed by atoms with Gasteiger partial charge in [-0.25, -0.2) is 0 Å². The van der Waals surface area contributed by atoms with Crippen molar-refractivity contribution in [3.05, 3.63) is 11.7 Å². The molecule has 0 amide bonds. The third-order valence-corrected chi connectivity index (χ3v) is 6.36. The van der Waals surface area contributed by atoms with Crippen LogP contribution in [0.15, 0.2) is 4.52 Å². The highest BCUT2D eigenvalue weighted by atomic mass is 32.2. The fourth-order valence-corrected chi connectivity index (χ4v) is 4.75. The number of nitrogens with one attached hydrogen (secondary N) is 1. The van der Waals surface area contributed by atoms with Crippen LogP contribution in [0.3, 0.4) is 0 Å². The van der Waals surface area contributed by atoms with E-state index in [4.69, 9.17) is 4.52 Å². The second-order valence-electron chi connectivity index (χ2n) is 4.89. The minimum absolute atomic E-state index is 0.401. The molecule has 2 heterocycles. The molecular weight excluding hydrogens is 266 g/mol. The van der Waals surface area contributed by atoms with Crippen LogP contribution in [-0.2, 0) is 6.42 Å². The van der Waals surface area contributed by atoms with Crippen molar-refractivity contribution in [2.24, 2.45) is 0 Å². The minimum Gasteiger partial charge on any atom is -0.339 e. The van der Waals surface area contributed by atoms with Gasteiger partial charge in [-0.3, -0.25) is 0 Å². The molecule has 1 aliphatic heterocycles. The topological polar surface area (TPSA) is 51.0 Å². The molecule has 3 rings (SSSR count). The van der Waals surface area contributed by atoms with Crippen LogP contribution in [0.25, 0.3) is 0 Å². The van der Waals surface area contributed by atoms with Gasteiger partial charge in [-0.1, -0.05) is 12.1 Å². The maximum absolute atomic E-state index is 5.34. The first-order valence-corrected chi connectivity index (χ1v) is 8.72. The Kier molecular flexibility index (Phi) is 4.16. The molecule has 1 aromatic rings. The Morgan fingerprint density at radius 3 is 2.94 bits per heavy atom. The van der Waals surface area contributed by atoms with Crippen molar-refractivity contribution in [1.82, 2.24) is 15.5 Å². The zero-order valence-corrected chi connectivity index (χ0v) is 12.2. The average molecular weight is 285 g/mol. The fourth-order valence-electron chi connectivity index (χ4n) is 2.07. The Hall–Kier alpha value is -0.200. The van der Waals surface area contributed by atoms with Gasteiger partial charge in [-0.15, -0.1) is 11.8 Å². The third kappa shape index (κ3) is 3.22. The second kappa shape index (κ2) is 5.84. The highest BCUT2D eigenvalue weighted by Crippen LogP contribution is 2.41. The van der Waals surface area contributed by atoms with Gasteiger partial charge < -0.3 is 9.84 Å². The monoisotopic (exact) mass is 285 g/mol. The lowest BCUT2D eigenvalue weighted by molar-refractivity contribution is 0.370. The number of hydrogen-bond acceptors (Lipinski definition) is 6. The van der Waals surface area contributed by atoms with Gasteiger partial charge >= 0.3 is 0 Å². The Balaban J connectivity index is 1.54. The van der Waals surface area contributed by atoms with E-state index in [1.54, 1.807) is 0 Å². The summed E-state index contributed by atoms with van der Waals surface area (Å²) in [5, 5.41) is 8.60. The highest BCUT2D eigenvalue weighted by molar-refractivity contribution is 8.06. The minimum atomic E-state index is 0.401. The van der Waals surface area contributed by atoms with Gasteiger partial charge in [-0.2, -0.15) is 16.7 Å². The molecule has 1 aliphatic carbocycles. The summed E-state index contributed by atoms with van der Waals surface area (Å²) in [6.07, 6.45) is 3.49. The molecule has 2 unspecified atom stereocenters. The number of thioether (sulfide) groups is 2. The van der Waals surface area contributed by atoms with Gasteiger partial charge in [-0.05, 0) is 12.8 Å². The van der Waals surface area contributed by atoms with Crippen LogP contribution in [0.5, 0.6) is 0 Å². The molecule has 4 nitrogen and oxygen atoms in total. The normalized spacial score (nSPS) is 28.5. The van der Waals surface area contributed by atoms with Crippen LogP contribution in [0, 0.1) is 0 Å².